The van der Waals surface area contributed by atoms with Crippen molar-refractivity contribution in [2.45, 2.75) is 72.3 Å². The molecule has 0 aromatic carbocycles. The number of esters is 1. The fourth-order valence-corrected chi connectivity index (χ4v) is 2.23. The predicted octanol–water partition coefficient (Wildman–Crippen LogP) is 3.98. The third-order valence-corrected chi connectivity index (χ3v) is 3.68. The van der Waals surface area contributed by atoms with Crippen molar-refractivity contribution in [3.05, 3.63) is 0 Å². The van der Waals surface area contributed by atoms with E-state index in [1.165, 1.54) is 25.7 Å². The maximum absolute atomic E-state index is 11.3. The molecule has 5 heteroatoms. The number of unbranched alkanes of at least 4 members (excludes halogenated alkanes) is 1. The topological polar surface area (TPSA) is 54.0 Å². The Bertz CT molecular complexity index is 281. The molecule has 0 aliphatic heterocycles. The number of ether oxygens (including phenoxy) is 4. The van der Waals surface area contributed by atoms with Gasteiger partial charge in [0.15, 0.2) is 0 Å². The second-order valence-electron chi connectivity index (χ2n) is 6.36. The largest absolute Gasteiger partial charge is 0.463 e. The lowest BCUT2D eigenvalue weighted by atomic mass is 10.0. The summed E-state index contributed by atoms with van der Waals surface area (Å²) in [6.07, 6.45) is 6.01. The summed E-state index contributed by atoms with van der Waals surface area (Å²) >= 11 is 0. The van der Waals surface area contributed by atoms with Crippen LogP contribution in [-0.2, 0) is 23.7 Å². The third kappa shape index (κ3) is 16.2. The molecule has 0 saturated heterocycles. The van der Waals surface area contributed by atoms with Gasteiger partial charge in [-0.05, 0) is 32.6 Å². The molecule has 0 aromatic rings. The molecule has 1 atom stereocenters. The van der Waals surface area contributed by atoms with E-state index in [-0.39, 0.29) is 12.1 Å². The number of hydrogen-bond acceptors (Lipinski definition) is 5. The maximum atomic E-state index is 11.3. The Labute approximate surface area is 148 Å². The van der Waals surface area contributed by atoms with Gasteiger partial charge < -0.3 is 18.9 Å². The quantitative estimate of drug-likeness (QED) is 0.294. The lowest BCUT2D eigenvalue weighted by molar-refractivity contribution is -0.147. The monoisotopic (exact) mass is 346 g/mol. The van der Waals surface area contributed by atoms with E-state index in [2.05, 4.69) is 13.8 Å². The molecule has 1 unspecified atom stereocenters. The molecule has 0 aromatic heterocycles. The highest BCUT2D eigenvalue weighted by molar-refractivity contribution is 5.69. The Kier molecular flexibility index (Phi) is 16.7. The van der Waals surface area contributed by atoms with Crippen LogP contribution in [0, 0.1) is 5.92 Å². The zero-order chi connectivity index (χ0) is 18.0. The summed E-state index contributed by atoms with van der Waals surface area (Å²) in [7, 11) is 0. The summed E-state index contributed by atoms with van der Waals surface area (Å²) in [4.78, 5) is 11.3. The molecule has 0 N–H and O–H groups in total. The second kappa shape index (κ2) is 17.2. The van der Waals surface area contributed by atoms with Crippen LogP contribution in [0.15, 0.2) is 0 Å². The van der Waals surface area contributed by atoms with E-state index in [9.17, 15) is 4.79 Å². The molecular formula is C19H38O5. The zero-order valence-corrected chi connectivity index (χ0v) is 16.2. The first-order chi connectivity index (χ1) is 11.6. The highest BCUT2D eigenvalue weighted by Crippen LogP contribution is 2.12. The van der Waals surface area contributed by atoms with Crippen LogP contribution in [-0.4, -0.2) is 51.7 Å². The van der Waals surface area contributed by atoms with Gasteiger partial charge in [0.2, 0.25) is 0 Å². The number of carbonyl (C=O) groups excluding carboxylic acids is 1. The van der Waals surface area contributed by atoms with E-state index in [1.807, 2.05) is 13.8 Å². The minimum Gasteiger partial charge on any atom is -0.463 e. The lowest BCUT2D eigenvalue weighted by Crippen LogP contribution is -2.14. The second-order valence-corrected chi connectivity index (χ2v) is 6.36. The Hall–Kier alpha value is -0.650. The smallest absolute Gasteiger partial charge is 0.306 e. The van der Waals surface area contributed by atoms with Gasteiger partial charge >= 0.3 is 5.97 Å². The summed E-state index contributed by atoms with van der Waals surface area (Å²) in [6, 6.07) is 0. The Morgan fingerprint density at radius 3 is 2.08 bits per heavy atom. The van der Waals surface area contributed by atoms with Gasteiger partial charge in [-0.2, -0.15) is 0 Å². The van der Waals surface area contributed by atoms with Crippen molar-refractivity contribution < 1.29 is 23.7 Å². The Morgan fingerprint density at radius 1 is 0.875 bits per heavy atom. The van der Waals surface area contributed by atoms with E-state index < -0.39 is 0 Å². The van der Waals surface area contributed by atoms with Crippen LogP contribution in [0.4, 0.5) is 0 Å². The highest BCUT2D eigenvalue weighted by Gasteiger charge is 2.06. The number of rotatable bonds is 17. The molecule has 24 heavy (non-hydrogen) atoms. The fourth-order valence-electron chi connectivity index (χ4n) is 2.23. The summed E-state index contributed by atoms with van der Waals surface area (Å²) in [5.74, 6) is 0.516. The van der Waals surface area contributed by atoms with E-state index in [4.69, 9.17) is 18.9 Å². The predicted molar refractivity (Wildman–Crippen MR) is 96.2 cm³/mol. The van der Waals surface area contributed by atoms with E-state index in [0.717, 1.165) is 6.61 Å². The minimum absolute atomic E-state index is 0.0479. The molecule has 0 heterocycles. The average molecular weight is 347 g/mol. The molecule has 144 valence electrons. The van der Waals surface area contributed by atoms with Gasteiger partial charge in [0.1, 0.15) is 0 Å². The van der Waals surface area contributed by atoms with E-state index >= 15 is 0 Å². The van der Waals surface area contributed by atoms with Crippen LogP contribution in [0.2, 0.25) is 0 Å². The first-order valence-electron chi connectivity index (χ1n) is 9.52. The SMILES string of the molecule is CCCCC(CC)COCCOCCOCCCC(=O)OC(C)C. The van der Waals surface area contributed by atoms with Crippen molar-refractivity contribution in [1.29, 1.82) is 0 Å². The van der Waals surface area contributed by atoms with Crippen molar-refractivity contribution in [3.63, 3.8) is 0 Å². The molecular weight excluding hydrogens is 308 g/mol. The van der Waals surface area contributed by atoms with Crippen molar-refractivity contribution in [3.8, 4) is 0 Å². The van der Waals surface area contributed by atoms with Gasteiger partial charge in [0.25, 0.3) is 0 Å². The van der Waals surface area contributed by atoms with Gasteiger partial charge in [0, 0.05) is 19.6 Å². The number of carbonyl (C=O) groups is 1. The van der Waals surface area contributed by atoms with Crippen LogP contribution >= 0.6 is 0 Å². The summed E-state index contributed by atoms with van der Waals surface area (Å²) in [6.45, 7) is 11.9. The summed E-state index contributed by atoms with van der Waals surface area (Å²) in [5.41, 5.74) is 0. The minimum atomic E-state index is -0.161. The molecule has 0 bridgehead atoms. The molecule has 0 rings (SSSR count). The molecule has 0 saturated carbocycles. The van der Waals surface area contributed by atoms with E-state index in [1.54, 1.807) is 0 Å². The molecule has 5 nitrogen and oxygen atoms in total. The Balaban J connectivity index is 3.26. The third-order valence-electron chi connectivity index (χ3n) is 3.68. The molecule has 0 radical (unpaired) electrons. The van der Waals surface area contributed by atoms with E-state index in [0.29, 0.717) is 51.8 Å². The first-order valence-corrected chi connectivity index (χ1v) is 9.52. The van der Waals surface area contributed by atoms with Crippen LogP contribution in [0.1, 0.15) is 66.2 Å². The standard InChI is InChI=1S/C19H38O5/c1-5-7-9-18(6-2)16-23-15-14-22-13-12-21-11-8-10-19(20)24-17(3)4/h17-18H,5-16H2,1-4H3. The van der Waals surface area contributed by atoms with Crippen LogP contribution < -0.4 is 0 Å². The van der Waals surface area contributed by atoms with Gasteiger partial charge in [-0.15, -0.1) is 0 Å². The van der Waals surface area contributed by atoms with Crippen LogP contribution in [0.25, 0.3) is 0 Å². The summed E-state index contributed by atoms with van der Waals surface area (Å²) < 4.78 is 21.6. The van der Waals surface area contributed by atoms with Crippen molar-refractivity contribution >= 4 is 5.97 Å². The van der Waals surface area contributed by atoms with Crippen molar-refractivity contribution in [1.82, 2.24) is 0 Å². The molecule has 0 aliphatic rings. The van der Waals surface area contributed by atoms with Gasteiger partial charge in [-0.25, -0.2) is 0 Å². The molecule has 0 amide bonds. The van der Waals surface area contributed by atoms with Gasteiger partial charge in [-0.1, -0.05) is 33.1 Å². The Morgan fingerprint density at radius 2 is 1.50 bits per heavy atom. The van der Waals surface area contributed by atoms with Crippen molar-refractivity contribution in [2.75, 3.05) is 39.6 Å². The van der Waals surface area contributed by atoms with Crippen LogP contribution in [0.3, 0.4) is 0 Å². The zero-order valence-electron chi connectivity index (χ0n) is 16.2. The maximum Gasteiger partial charge on any atom is 0.306 e. The molecule has 0 spiro atoms. The van der Waals surface area contributed by atoms with Gasteiger partial charge in [-0.3, -0.25) is 4.79 Å². The molecule has 0 aliphatic carbocycles. The normalized spacial score (nSPS) is 12.5. The van der Waals surface area contributed by atoms with Gasteiger partial charge in [0.05, 0.1) is 32.5 Å². The molecule has 0 fully saturated rings. The van der Waals surface area contributed by atoms with Crippen molar-refractivity contribution in [2.24, 2.45) is 5.92 Å². The fraction of sp³-hybridized carbons (Fsp3) is 0.947. The van der Waals surface area contributed by atoms with Crippen LogP contribution in [0.5, 0.6) is 0 Å². The average Bonchev–Trinajstić information content (AvgIpc) is 2.54. The highest BCUT2D eigenvalue weighted by atomic mass is 16.5. The summed E-state index contributed by atoms with van der Waals surface area (Å²) in [5, 5.41) is 0. The number of hydrogen-bond donors (Lipinski definition) is 0. The first kappa shape index (κ1) is 23.4. The lowest BCUT2D eigenvalue weighted by Gasteiger charge is -2.14.